The third-order valence-corrected chi connectivity index (χ3v) is 8.55. The van der Waals surface area contributed by atoms with Gasteiger partial charge >= 0.3 is 0 Å². The molecule has 0 spiro atoms. The van der Waals surface area contributed by atoms with Crippen LogP contribution in [0.5, 0.6) is 5.75 Å². The van der Waals surface area contributed by atoms with Crippen LogP contribution >= 0.6 is 0 Å². The van der Waals surface area contributed by atoms with Crippen molar-refractivity contribution in [3.8, 4) is 5.75 Å². The van der Waals surface area contributed by atoms with Gasteiger partial charge in [0.1, 0.15) is 48.0 Å². The summed E-state index contributed by atoms with van der Waals surface area (Å²) in [4.78, 5) is 116. The highest BCUT2D eigenvalue weighted by molar-refractivity contribution is 5.99. The van der Waals surface area contributed by atoms with E-state index in [4.69, 9.17) is 17.2 Å². The molecule has 0 heterocycles. The number of hydrogen-bond acceptors (Lipinski definition) is 16. The molecule has 12 atom stereocenters. The number of aliphatic hydroxyl groups is 5. The van der Waals surface area contributed by atoms with Crippen LogP contribution in [0.15, 0.2) is 24.3 Å². The van der Waals surface area contributed by atoms with Gasteiger partial charge in [-0.25, -0.2) is 0 Å². The molecule has 0 aliphatic carbocycles. The zero-order valence-electron chi connectivity index (χ0n) is 33.4. The third kappa shape index (κ3) is 16.7. The Balaban J connectivity index is 3.33. The van der Waals surface area contributed by atoms with Gasteiger partial charge in [0.05, 0.1) is 43.5 Å². The molecule has 60 heavy (non-hydrogen) atoms. The minimum absolute atomic E-state index is 0.135. The van der Waals surface area contributed by atoms with Crippen molar-refractivity contribution in [1.82, 2.24) is 37.2 Å². The predicted molar refractivity (Wildman–Crippen MR) is 206 cm³/mol. The molecule has 0 saturated heterocycles. The van der Waals surface area contributed by atoms with Crippen molar-refractivity contribution in [2.45, 2.75) is 120 Å². The number of phenolic OH excluding ortho intramolecular Hbond substituents is 1. The molecule has 0 bridgehead atoms. The van der Waals surface area contributed by atoms with Crippen molar-refractivity contribution in [1.29, 1.82) is 0 Å². The fourth-order valence-electron chi connectivity index (χ4n) is 5.16. The lowest BCUT2D eigenvalue weighted by Crippen LogP contribution is -2.64. The molecular weight excluding hydrogens is 800 g/mol. The summed E-state index contributed by atoms with van der Waals surface area (Å²) in [6.07, 6.45) is -7.89. The van der Waals surface area contributed by atoms with Gasteiger partial charge in [-0.05, 0) is 52.3 Å². The molecule has 0 unspecified atom stereocenters. The van der Waals surface area contributed by atoms with Crippen LogP contribution in [0.4, 0.5) is 0 Å². The number of primary amides is 2. The van der Waals surface area contributed by atoms with E-state index in [-0.39, 0.29) is 12.2 Å². The van der Waals surface area contributed by atoms with Gasteiger partial charge in [0.25, 0.3) is 0 Å². The molecule has 0 fully saturated rings. The van der Waals surface area contributed by atoms with Crippen molar-refractivity contribution in [3.63, 3.8) is 0 Å². The van der Waals surface area contributed by atoms with Crippen LogP contribution in [0.25, 0.3) is 0 Å². The molecule has 0 radical (unpaired) electrons. The maximum Gasteiger partial charge on any atom is 0.245 e. The van der Waals surface area contributed by atoms with Crippen LogP contribution in [-0.4, -0.2) is 163 Å². The Morgan fingerprint density at radius 3 is 1.25 bits per heavy atom. The summed E-state index contributed by atoms with van der Waals surface area (Å²) in [6.45, 7) is 4.64. The summed E-state index contributed by atoms with van der Waals surface area (Å²) in [7, 11) is 0. The highest BCUT2D eigenvalue weighted by Crippen LogP contribution is 2.12. The second-order valence-corrected chi connectivity index (χ2v) is 14.0. The average molecular weight is 857 g/mol. The number of phenols is 1. The van der Waals surface area contributed by atoms with E-state index in [2.05, 4.69) is 37.2 Å². The van der Waals surface area contributed by atoms with Crippen molar-refractivity contribution in [2.24, 2.45) is 17.2 Å². The topological polar surface area (TPSA) is 437 Å². The maximum atomic E-state index is 13.6. The Morgan fingerprint density at radius 1 is 0.517 bits per heavy atom. The Labute approximate surface area is 343 Å². The van der Waals surface area contributed by atoms with Crippen LogP contribution in [0, 0.1) is 0 Å². The number of amides is 9. The molecule has 1 aromatic carbocycles. The van der Waals surface area contributed by atoms with Gasteiger partial charge < -0.3 is 85.1 Å². The van der Waals surface area contributed by atoms with Crippen molar-refractivity contribution < 1.29 is 73.8 Å². The lowest BCUT2D eigenvalue weighted by atomic mass is 10.0. The number of aromatic hydroxyl groups is 1. The van der Waals surface area contributed by atoms with Gasteiger partial charge in [-0.3, -0.25) is 43.2 Å². The summed E-state index contributed by atoms with van der Waals surface area (Å²) in [5.74, 6) is -10.6. The van der Waals surface area contributed by atoms with Crippen LogP contribution in [0.2, 0.25) is 0 Å². The highest BCUT2D eigenvalue weighted by atomic mass is 16.3. The Kier molecular flexibility index (Phi) is 21.0. The quantitative estimate of drug-likeness (QED) is 0.0459. The molecule has 0 aromatic heterocycles. The smallest absolute Gasteiger partial charge is 0.245 e. The van der Waals surface area contributed by atoms with Crippen LogP contribution in [0.1, 0.15) is 46.6 Å². The summed E-state index contributed by atoms with van der Waals surface area (Å²) in [5.41, 5.74) is 16.4. The van der Waals surface area contributed by atoms with E-state index in [1.807, 2.05) is 0 Å². The van der Waals surface area contributed by atoms with Crippen LogP contribution < -0.4 is 54.4 Å². The molecule has 0 saturated carbocycles. The molecule has 9 amide bonds. The van der Waals surface area contributed by atoms with Gasteiger partial charge in [0.2, 0.25) is 53.2 Å². The predicted octanol–water partition coefficient (Wildman–Crippen LogP) is -8.45. The minimum atomic E-state index is -1.98. The average Bonchev–Trinajstić information content (AvgIpc) is 3.14. The van der Waals surface area contributed by atoms with Crippen LogP contribution in [0.3, 0.4) is 0 Å². The van der Waals surface area contributed by atoms with E-state index in [0.717, 1.165) is 27.7 Å². The van der Waals surface area contributed by atoms with E-state index in [1.54, 1.807) is 0 Å². The lowest BCUT2D eigenvalue weighted by Gasteiger charge is -2.29. The van der Waals surface area contributed by atoms with Crippen molar-refractivity contribution >= 4 is 53.2 Å². The first kappa shape index (κ1) is 52.0. The fourth-order valence-corrected chi connectivity index (χ4v) is 5.16. The minimum Gasteiger partial charge on any atom is -0.508 e. The molecule has 25 nitrogen and oxygen atoms in total. The number of carbonyl (C=O) groups is 9. The summed E-state index contributed by atoms with van der Waals surface area (Å²) >= 11 is 0. The van der Waals surface area contributed by atoms with Gasteiger partial charge in [-0.2, -0.15) is 0 Å². The van der Waals surface area contributed by atoms with E-state index in [9.17, 15) is 73.8 Å². The number of nitrogens with two attached hydrogens (primary N) is 3. The van der Waals surface area contributed by atoms with Gasteiger partial charge in [-0.1, -0.05) is 12.1 Å². The SMILES string of the molecule is C[C@H](O)[C@@H](NC(=O)[C@H](CO)NC(=O)[C@@H](C)N)C(=O)N[C@@H](C(=O)N[C@H](C(=O)N[C@H](CC(N)=O)C(=O)N[C@@H](Cc1ccc(O)cc1)C(=O)N[C@@H](C(N)=O)[C@@H](C)O)[C@@H](C)O)[C@@H](C)O. The molecule has 336 valence electrons. The number of nitrogens with one attached hydrogen (secondary N) is 7. The summed E-state index contributed by atoms with van der Waals surface area (Å²) < 4.78 is 0. The van der Waals surface area contributed by atoms with Gasteiger partial charge in [-0.15, -0.1) is 0 Å². The number of benzene rings is 1. The number of carbonyl (C=O) groups excluding carboxylic acids is 9. The first-order valence-corrected chi connectivity index (χ1v) is 18.4. The molecular formula is C35H56N10O15. The molecule has 0 aliphatic rings. The fraction of sp³-hybridized carbons (Fsp3) is 0.571. The first-order chi connectivity index (χ1) is 27.8. The Bertz CT molecular complexity index is 1690. The van der Waals surface area contributed by atoms with Crippen molar-refractivity contribution in [3.05, 3.63) is 29.8 Å². The Morgan fingerprint density at radius 2 is 0.867 bits per heavy atom. The zero-order chi connectivity index (χ0) is 46.2. The van der Waals surface area contributed by atoms with Crippen LogP contribution in [-0.2, 0) is 49.6 Å². The number of aliphatic hydroxyl groups excluding tert-OH is 5. The Hall–Kier alpha value is -5.99. The lowest BCUT2D eigenvalue weighted by molar-refractivity contribution is -0.139. The summed E-state index contributed by atoms with van der Waals surface area (Å²) in [5, 5.41) is 75.4. The summed E-state index contributed by atoms with van der Waals surface area (Å²) in [6, 6.07) is -8.26. The zero-order valence-corrected chi connectivity index (χ0v) is 33.4. The standard InChI is InChI=1S/C35H56N10O15/c1-13(36)29(54)41-22(12-46)32(57)43-26(16(4)49)34(59)45-27(17(5)50)35(60)44-25(15(3)48)33(58)40-21(11-23(37)52)30(55)39-20(10-18-6-8-19(51)9-7-18)31(56)42-24(14(2)47)28(38)53/h6-9,13-17,20-22,24-27,46-51H,10-12,36H2,1-5H3,(H2,37,52)(H2,38,53)(H,39,55)(H,40,58)(H,41,54)(H,42,56)(H,43,57)(H,44,60)(H,45,59)/t13-,14-,15-,16+,17-,20+,21-,22+,24-,25+,26-,27-/m1/s1. The first-order valence-electron chi connectivity index (χ1n) is 18.4. The maximum absolute atomic E-state index is 13.6. The second-order valence-electron chi connectivity index (χ2n) is 14.0. The molecule has 25 heteroatoms. The molecule has 0 aliphatic heterocycles. The normalized spacial score (nSPS) is 17.1. The largest absolute Gasteiger partial charge is 0.508 e. The van der Waals surface area contributed by atoms with Gasteiger partial charge in [0, 0.05) is 6.42 Å². The number of rotatable bonds is 24. The monoisotopic (exact) mass is 856 g/mol. The number of hydrogen-bond donors (Lipinski definition) is 16. The third-order valence-electron chi connectivity index (χ3n) is 8.55. The van der Waals surface area contributed by atoms with E-state index in [1.165, 1.54) is 31.2 Å². The second kappa shape index (κ2) is 24.2. The molecule has 19 N–H and O–H groups in total. The van der Waals surface area contributed by atoms with E-state index < -0.39 is 139 Å². The van der Waals surface area contributed by atoms with E-state index >= 15 is 0 Å². The van der Waals surface area contributed by atoms with Crippen molar-refractivity contribution in [2.75, 3.05) is 6.61 Å². The highest BCUT2D eigenvalue weighted by Gasteiger charge is 2.38. The van der Waals surface area contributed by atoms with E-state index in [0.29, 0.717) is 5.56 Å². The molecule has 1 rings (SSSR count). The molecule has 1 aromatic rings. The van der Waals surface area contributed by atoms with Gasteiger partial charge in [0.15, 0.2) is 0 Å².